The number of carbonyl (C=O) groups excluding carboxylic acids is 1. The van der Waals surface area contributed by atoms with E-state index < -0.39 is 6.61 Å². The highest BCUT2D eigenvalue weighted by Crippen LogP contribution is 2.32. The predicted molar refractivity (Wildman–Crippen MR) is 114 cm³/mol. The molecule has 1 atom stereocenters. The van der Waals surface area contributed by atoms with E-state index in [2.05, 4.69) is 27.2 Å². The molecule has 2 N–H and O–H groups in total. The van der Waals surface area contributed by atoms with E-state index >= 15 is 0 Å². The molecule has 4 nitrogen and oxygen atoms in total. The van der Waals surface area contributed by atoms with Crippen molar-refractivity contribution in [3.8, 4) is 5.75 Å². The summed E-state index contributed by atoms with van der Waals surface area (Å²) in [6.45, 7) is -2.40. The van der Waals surface area contributed by atoms with E-state index in [1.54, 1.807) is 23.5 Å². The molecular formula is C23H20F2N2O2S. The number of thiophene rings is 1. The molecule has 4 aromatic rings. The first-order valence-corrected chi connectivity index (χ1v) is 10.4. The van der Waals surface area contributed by atoms with Crippen LogP contribution in [-0.4, -0.2) is 24.0 Å². The van der Waals surface area contributed by atoms with E-state index in [-0.39, 0.29) is 24.0 Å². The van der Waals surface area contributed by atoms with Gasteiger partial charge in [-0.3, -0.25) is 4.79 Å². The summed E-state index contributed by atoms with van der Waals surface area (Å²) in [4.78, 5) is 17.0. The van der Waals surface area contributed by atoms with Crippen molar-refractivity contribution >= 4 is 28.1 Å². The zero-order valence-electron chi connectivity index (χ0n) is 16.0. The molecule has 154 valence electrons. The Bertz CT molecular complexity index is 1110. The van der Waals surface area contributed by atoms with Gasteiger partial charge in [-0.1, -0.05) is 36.4 Å². The van der Waals surface area contributed by atoms with Crippen molar-refractivity contribution in [1.29, 1.82) is 0 Å². The summed E-state index contributed by atoms with van der Waals surface area (Å²) in [7, 11) is 0. The number of hydrogen-bond donors (Lipinski definition) is 2. The molecular weight excluding hydrogens is 406 g/mol. The third kappa shape index (κ3) is 4.68. The summed E-state index contributed by atoms with van der Waals surface area (Å²) < 4.78 is 28.8. The molecule has 30 heavy (non-hydrogen) atoms. The third-order valence-electron chi connectivity index (χ3n) is 4.90. The number of halogens is 2. The number of amides is 1. The molecule has 2 aromatic heterocycles. The van der Waals surface area contributed by atoms with Crippen LogP contribution in [0.5, 0.6) is 5.75 Å². The number of H-pyrrole nitrogens is 1. The highest BCUT2D eigenvalue weighted by Gasteiger charge is 2.20. The van der Waals surface area contributed by atoms with Gasteiger partial charge in [0, 0.05) is 34.4 Å². The van der Waals surface area contributed by atoms with Gasteiger partial charge in [-0.25, -0.2) is 0 Å². The highest BCUT2D eigenvalue weighted by atomic mass is 32.1. The lowest BCUT2D eigenvalue weighted by Gasteiger charge is -2.16. The van der Waals surface area contributed by atoms with Crippen LogP contribution in [0.15, 0.2) is 72.2 Å². The monoisotopic (exact) mass is 426 g/mol. The average molecular weight is 426 g/mol. The summed E-state index contributed by atoms with van der Waals surface area (Å²) >= 11 is 1.66. The molecule has 0 aliphatic carbocycles. The summed E-state index contributed by atoms with van der Waals surface area (Å²) in [5.41, 5.74) is 2.93. The minimum absolute atomic E-state index is 0.0342. The highest BCUT2D eigenvalue weighted by molar-refractivity contribution is 7.10. The van der Waals surface area contributed by atoms with Crippen LogP contribution in [0.3, 0.4) is 0 Å². The second-order valence-corrected chi connectivity index (χ2v) is 7.84. The number of fused-ring (bicyclic) bond motifs is 1. The Morgan fingerprint density at radius 3 is 2.60 bits per heavy atom. The van der Waals surface area contributed by atoms with E-state index in [1.165, 1.54) is 17.0 Å². The van der Waals surface area contributed by atoms with E-state index in [1.807, 2.05) is 35.8 Å². The summed E-state index contributed by atoms with van der Waals surface area (Å²) in [6, 6.07) is 18.3. The molecule has 1 amide bonds. The van der Waals surface area contributed by atoms with Crippen LogP contribution in [0.4, 0.5) is 8.78 Å². The van der Waals surface area contributed by atoms with Crippen molar-refractivity contribution in [3.63, 3.8) is 0 Å². The van der Waals surface area contributed by atoms with E-state index in [0.29, 0.717) is 6.54 Å². The molecule has 0 bridgehead atoms. The lowest BCUT2D eigenvalue weighted by Crippen LogP contribution is -2.29. The SMILES string of the molecule is O=C(Cc1ccc(OC(F)F)cc1)NCC(c1cccs1)c1c[nH]c2ccccc12. The van der Waals surface area contributed by atoms with Crippen LogP contribution in [0, 0.1) is 0 Å². The molecule has 0 spiro atoms. The van der Waals surface area contributed by atoms with Crippen LogP contribution < -0.4 is 10.1 Å². The third-order valence-corrected chi connectivity index (χ3v) is 5.89. The van der Waals surface area contributed by atoms with Gasteiger partial charge in [-0.15, -0.1) is 11.3 Å². The normalized spacial score (nSPS) is 12.2. The van der Waals surface area contributed by atoms with E-state index in [0.717, 1.165) is 22.0 Å². The van der Waals surface area contributed by atoms with Crippen LogP contribution in [-0.2, 0) is 11.2 Å². The Balaban J connectivity index is 1.45. The van der Waals surface area contributed by atoms with Crippen molar-refractivity contribution in [2.75, 3.05) is 6.54 Å². The summed E-state index contributed by atoms with van der Waals surface area (Å²) in [5.74, 6) is -0.0166. The molecule has 0 aliphatic heterocycles. The number of ether oxygens (including phenoxy) is 1. The number of rotatable bonds is 8. The quantitative estimate of drug-likeness (QED) is 0.401. The second-order valence-electron chi connectivity index (χ2n) is 6.86. The fourth-order valence-electron chi connectivity index (χ4n) is 3.49. The zero-order valence-corrected chi connectivity index (χ0v) is 16.8. The first kappa shape index (κ1) is 20.1. The molecule has 0 saturated heterocycles. The topological polar surface area (TPSA) is 54.1 Å². The van der Waals surface area contributed by atoms with Crippen molar-refractivity contribution in [2.24, 2.45) is 0 Å². The second kappa shape index (κ2) is 9.09. The molecule has 0 aliphatic rings. The molecule has 2 heterocycles. The van der Waals surface area contributed by atoms with Crippen LogP contribution in [0.25, 0.3) is 10.9 Å². The Morgan fingerprint density at radius 2 is 1.87 bits per heavy atom. The van der Waals surface area contributed by atoms with Gasteiger partial charge in [0.05, 0.1) is 6.42 Å². The van der Waals surface area contributed by atoms with Crippen molar-refractivity contribution in [3.05, 3.63) is 88.2 Å². The van der Waals surface area contributed by atoms with Gasteiger partial charge in [0.15, 0.2) is 0 Å². The first-order valence-electron chi connectivity index (χ1n) is 9.50. The van der Waals surface area contributed by atoms with Crippen LogP contribution in [0.1, 0.15) is 21.9 Å². The van der Waals surface area contributed by atoms with Gasteiger partial charge in [0.2, 0.25) is 5.91 Å². The minimum atomic E-state index is -2.86. The Hall–Kier alpha value is -3.19. The number of carbonyl (C=O) groups is 1. The number of aromatic nitrogens is 1. The first-order chi connectivity index (χ1) is 14.6. The van der Waals surface area contributed by atoms with Crippen LogP contribution >= 0.6 is 11.3 Å². The number of hydrogen-bond acceptors (Lipinski definition) is 3. The number of nitrogens with one attached hydrogen (secondary N) is 2. The lowest BCUT2D eigenvalue weighted by molar-refractivity contribution is -0.120. The van der Waals surface area contributed by atoms with Gasteiger partial charge < -0.3 is 15.0 Å². The Morgan fingerprint density at radius 1 is 1.07 bits per heavy atom. The fourth-order valence-corrected chi connectivity index (χ4v) is 4.33. The van der Waals surface area contributed by atoms with Gasteiger partial charge in [0.25, 0.3) is 0 Å². The van der Waals surface area contributed by atoms with E-state index in [9.17, 15) is 13.6 Å². The largest absolute Gasteiger partial charge is 0.435 e. The average Bonchev–Trinajstić information content (AvgIpc) is 3.40. The molecule has 2 aromatic carbocycles. The van der Waals surface area contributed by atoms with Crippen molar-refractivity contribution in [2.45, 2.75) is 19.0 Å². The van der Waals surface area contributed by atoms with Gasteiger partial charge in [0.1, 0.15) is 5.75 Å². The van der Waals surface area contributed by atoms with Gasteiger partial charge >= 0.3 is 6.61 Å². The van der Waals surface area contributed by atoms with E-state index in [4.69, 9.17) is 0 Å². The maximum atomic E-state index is 12.5. The number of aromatic amines is 1. The molecule has 7 heteroatoms. The lowest BCUT2D eigenvalue weighted by atomic mass is 9.96. The molecule has 4 rings (SSSR count). The number of alkyl halides is 2. The van der Waals surface area contributed by atoms with Gasteiger partial charge in [-0.05, 0) is 40.8 Å². The molecule has 0 fully saturated rings. The van der Waals surface area contributed by atoms with Gasteiger partial charge in [-0.2, -0.15) is 8.78 Å². The van der Waals surface area contributed by atoms with Crippen molar-refractivity contribution < 1.29 is 18.3 Å². The maximum Gasteiger partial charge on any atom is 0.387 e. The predicted octanol–water partition coefficient (Wildman–Crippen LogP) is 5.32. The minimum Gasteiger partial charge on any atom is -0.435 e. The smallest absolute Gasteiger partial charge is 0.387 e. The Labute approximate surface area is 176 Å². The Kier molecular flexibility index (Phi) is 6.09. The molecule has 1 unspecified atom stereocenters. The summed E-state index contributed by atoms with van der Waals surface area (Å²) in [6.07, 6.45) is 2.17. The zero-order chi connectivity index (χ0) is 20.9. The maximum absolute atomic E-state index is 12.5. The summed E-state index contributed by atoms with van der Waals surface area (Å²) in [5, 5.41) is 6.19. The number of benzene rings is 2. The molecule has 0 radical (unpaired) electrons. The molecule has 0 saturated carbocycles. The van der Waals surface area contributed by atoms with Crippen molar-refractivity contribution in [1.82, 2.24) is 10.3 Å². The fraction of sp³-hybridized carbons (Fsp3) is 0.174. The standard InChI is InChI=1S/C23H20F2N2O2S/c24-23(25)29-16-9-7-15(8-10-16)12-22(28)27-14-19(21-6-3-11-30-21)18-13-26-20-5-2-1-4-17(18)20/h1-11,13,19,23,26H,12,14H2,(H,27,28). The van der Waals surface area contributed by atoms with Crippen LogP contribution in [0.2, 0.25) is 0 Å². The number of para-hydroxylation sites is 1.